The zero-order valence-electron chi connectivity index (χ0n) is 22.2. The molecule has 0 aromatic heterocycles. The molecular formula is C27H42N8O. The number of ether oxygens (including phenoxy) is 1. The first-order chi connectivity index (χ1) is 17.2. The van der Waals surface area contributed by atoms with Gasteiger partial charge >= 0.3 is 0 Å². The second-order valence-corrected chi connectivity index (χ2v) is 9.82. The molecule has 0 spiro atoms. The van der Waals surface area contributed by atoms with E-state index < -0.39 is 0 Å². The molecule has 196 valence electrons. The first-order valence-electron chi connectivity index (χ1n) is 12.6. The Balaban J connectivity index is 1.57. The second kappa shape index (κ2) is 12.6. The molecule has 3 aliphatic rings. The molecule has 3 aliphatic heterocycles. The van der Waals surface area contributed by atoms with Crippen molar-refractivity contribution in [3.8, 4) is 0 Å². The summed E-state index contributed by atoms with van der Waals surface area (Å²) in [5.41, 5.74) is 21.6. The van der Waals surface area contributed by atoms with Gasteiger partial charge in [-0.05, 0) is 55.8 Å². The van der Waals surface area contributed by atoms with E-state index in [-0.39, 0.29) is 12.0 Å². The Morgan fingerprint density at radius 3 is 2.61 bits per heavy atom. The van der Waals surface area contributed by atoms with Gasteiger partial charge in [-0.3, -0.25) is 14.9 Å². The maximum atomic E-state index is 6.24. The molecule has 9 heteroatoms. The van der Waals surface area contributed by atoms with E-state index in [1.165, 1.54) is 0 Å². The summed E-state index contributed by atoms with van der Waals surface area (Å²) < 4.78 is 5.89. The fraction of sp³-hybridized carbons (Fsp3) is 0.481. The molecule has 0 aromatic rings. The van der Waals surface area contributed by atoms with Crippen molar-refractivity contribution in [1.29, 1.82) is 0 Å². The van der Waals surface area contributed by atoms with Gasteiger partial charge in [-0.15, -0.1) is 0 Å². The van der Waals surface area contributed by atoms with Crippen LogP contribution in [0, 0.1) is 5.92 Å². The SMILES string of the molecule is CC(C)C(=C/N)/C=C(\N)NC1=CC=C2N=CC(C(C=NCCOC3CN(C(C)C)C3)=CN)=CC2N1C. The van der Waals surface area contributed by atoms with Crippen molar-refractivity contribution in [3.05, 3.63) is 70.8 Å². The minimum Gasteiger partial charge on any atom is -0.404 e. The normalized spacial score (nSPS) is 22.1. The van der Waals surface area contributed by atoms with Crippen LogP contribution >= 0.6 is 0 Å². The van der Waals surface area contributed by atoms with Crippen LogP contribution in [-0.2, 0) is 4.74 Å². The van der Waals surface area contributed by atoms with Crippen molar-refractivity contribution < 1.29 is 4.74 Å². The Morgan fingerprint density at radius 2 is 1.97 bits per heavy atom. The number of nitrogens with two attached hydrogens (primary N) is 3. The standard InChI is InChI=1S/C27H42N8O/c1-18(2)20(12-28)11-26(30)33-27-7-6-24-25(34(27)5)10-21(15-32-24)22(13-29)14-31-8-9-36-23-16-35(17-23)19(3)4/h6-7,10-15,18-19,23,25,33H,8-9,16-17,28-30H2,1-5H3/b20-12+,22-13?,26-11+,31-14?. The Labute approximate surface area is 215 Å². The van der Waals surface area contributed by atoms with Crippen LogP contribution in [0.5, 0.6) is 0 Å². The average Bonchev–Trinajstić information content (AvgIpc) is 2.82. The minimum absolute atomic E-state index is 0.0610. The van der Waals surface area contributed by atoms with Gasteiger partial charge in [0.05, 0.1) is 31.0 Å². The highest BCUT2D eigenvalue weighted by molar-refractivity contribution is 5.99. The lowest BCUT2D eigenvalue weighted by atomic mass is 9.99. The second-order valence-electron chi connectivity index (χ2n) is 9.82. The lowest BCUT2D eigenvalue weighted by molar-refractivity contribution is -0.0635. The minimum atomic E-state index is -0.0610. The topological polar surface area (TPSA) is 131 Å². The predicted molar refractivity (Wildman–Crippen MR) is 149 cm³/mol. The number of allylic oxidation sites excluding steroid dienone is 6. The summed E-state index contributed by atoms with van der Waals surface area (Å²) in [5.74, 6) is 1.66. The number of hydrogen-bond donors (Lipinski definition) is 4. The van der Waals surface area contributed by atoms with Gasteiger partial charge in [-0.2, -0.15) is 0 Å². The maximum Gasteiger partial charge on any atom is 0.107 e. The lowest BCUT2D eigenvalue weighted by Crippen LogP contribution is -2.55. The van der Waals surface area contributed by atoms with Gasteiger partial charge < -0.3 is 32.2 Å². The number of nitrogens with one attached hydrogen (secondary N) is 1. The summed E-state index contributed by atoms with van der Waals surface area (Å²) in [6.07, 6.45) is 15.0. The maximum absolute atomic E-state index is 6.24. The van der Waals surface area contributed by atoms with Crippen LogP contribution in [-0.4, -0.2) is 73.7 Å². The number of nitrogens with zero attached hydrogens (tertiary/aromatic N) is 4. The molecule has 0 aromatic carbocycles. The van der Waals surface area contributed by atoms with Crippen LogP contribution in [0.1, 0.15) is 27.7 Å². The van der Waals surface area contributed by atoms with E-state index in [0.29, 0.717) is 31.1 Å². The molecule has 1 fully saturated rings. The van der Waals surface area contributed by atoms with Crippen molar-refractivity contribution >= 4 is 12.4 Å². The van der Waals surface area contributed by atoms with Crippen molar-refractivity contribution in [2.75, 3.05) is 33.3 Å². The highest BCUT2D eigenvalue weighted by Crippen LogP contribution is 2.27. The number of hydrogen-bond acceptors (Lipinski definition) is 9. The first-order valence-corrected chi connectivity index (χ1v) is 12.6. The summed E-state index contributed by atoms with van der Waals surface area (Å²) in [5, 5.41) is 3.28. The lowest BCUT2D eigenvalue weighted by Gasteiger charge is -2.41. The number of likely N-dealkylation sites (tertiary alicyclic amines) is 1. The molecule has 3 rings (SSSR count). The number of likely N-dealkylation sites (N-methyl/N-ethyl adjacent to an activating group) is 1. The third-order valence-corrected chi connectivity index (χ3v) is 6.58. The van der Waals surface area contributed by atoms with Crippen LogP contribution in [0.25, 0.3) is 0 Å². The van der Waals surface area contributed by atoms with Crippen LogP contribution in [0.3, 0.4) is 0 Å². The molecule has 7 N–H and O–H groups in total. The zero-order valence-corrected chi connectivity index (χ0v) is 22.2. The van der Waals surface area contributed by atoms with Gasteiger partial charge in [0.15, 0.2) is 0 Å². The molecule has 0 aliphatic carbocycles. The number of fused-ring (bicyclic) bond motifs is 1. The molecular weight excluding hydrogens is 452 g/mol. The Morgan fingerprint density at radius 1 is 1.22 bits per heavy atom. The monoisotopic (exact) mass is 494 g/mol. The molecule has 0 radical (unpaired) electrons. The van der Waals surface area contributed by atoms with Gasteiger partial charge in [-0.1, -0.05) is 13.8 Å². The largest absolute Gasteiger partial charge is 0.404 e. The molecule has 0 bridgehead atoms. The number of aliphatic imine (C=N–C) groups is 2. The summed E-state index contributed by atoms with van der Waals surface area (Å²) in [6.45, 7) is 11.7. The molecule has 3 heterocycles. The van der Waals surface area contributed by atoms with Crippen LogP contribution in [0.15, 0.2) is 80.7 Å². The number of rotatable bonds is 11. The van der Waals surface area contributed by atoms with E-state index in [9.17, 15) is 0 Å². The van der Waals surface area contributed by atoms with E-state index in [1.807, 2.05) is 31.5 Å². The highest BCUT2D eigenvalue weighted by Gasteiger charge is 2.29. The zero-order chi connectivity index (χ0) is 26.2. The Kier molecular flexibility index (Phi) is 9.55. The first kappa shape index (κ1) is 27.3. The number of dihydropyridines is 1. The summed E-state index contributed by atoms with van der Waals surface area (Å²) >= 11 is 0. The highest BCUT2D eigenvalue weighted by atomic mass is 16.5. The van der Waals surface area contributed by atoms with Crippen molar-refractivity contribution in [1.82, 2.24) is 15.1 Å². The molecule has 36 heavy (non-hydrogen) atoms. The fourth-order valence-corrected chi connectivity index (χ4v) is 4.12. The van der Waals surface area contributed by atoms with E-state index in [1.54, 1.807) is 18.6 Å². The van der Waals surface area contributed by atoms with Crippen LogP contribution in [0.2, 0.25) is 0 Å². The third-order valence-electron chi connectivity index (χ3n) is 6.58. The van der Waals surface area contributed by atoms with E-state index >= 15 is 0 Å². The molecule has 9 nitrogen and oxygen atoms in total. The Bertz CT molecular complexity index is 1020. The molecule has 1 unspecified atom stereocenters. The van der Waals surface area contributed by atoms with Crippen molar-refractivity contribution in [2.45, 2.75) is 45.9 Å². The fourth-order valence-electron chi connectivity index (χ4n) is 4.12. The quantitative estimate of drug-likeness (QED) is 0.196. The summed E-state index contributed by atoms with van der Waals surface area (Å²) in [7, 11) is 2.00. The van der Waals surface area contributed by atoms with Gasteiger partial charge in [0.1, 0.15) is 11.6 Å². The van der Waals surface area contributed by atoms with Gasteiger partial charge in [0, 0.05) is 56.0 Å². The molecule has 0 amide bonds. The van der Waals surface area contributed by atoms with E-state index in [4.69, 9.17) is 21.9 Å². The summed E-state index contributed by atoms with van der Waals surface area (Å²) in [4.78, 5) is 13.7. The van der Waals surface area contributed by atoms with Crippen molar-refractivity contribution in [2.24, 2.45) is 33.1 Å². The van der Waals surface area contributed by atoms with Gasteiger partial charge in [0.2, 0.25) is 0 Å². The van der Waals surface area contributed by atoms with Crippen LogP contribution in [0.4, 0.5) is 0 Å². The van der Waals surface area contributed by atoms with E-state index in [2.05, 4.69) is 58.9 Å². The Hall–Kier alpha value is -3.30. The smallest absolute Gasteiger partial charge is 0.107 e. The third kappa shape index (κ3) is 6.89. The van der Waals surface area contributed by atoms with Gasteiger partial charge in [0.25, 0.3) is 0 Å². The van der Waals surface area contributed by atoms with Gasteiger partial charge in [-0.25, -0.2) is 0 Å². The van der Waals surface area contributed by atoms with Crippen molar-refractivity contribution in [3.63, 3.8) is 0 Å². The average molecular weight is 495 g/mol. The molecule has 1 atom stereocenters. The predicted octanol–water partition coefficient (Wildman–Crippen LogP) is 1.95. The van der Waals surface area contributed by atoms with E-state index in [0.717, 1.165) is 41.3 Å². The molecule has 0 saturated carbocycles. The molecule has 1 saturated heterocycles. The van der Waals surface area contributed by atoms with Crippen LogP contribution < -0.4 is 22.5 Å². The summed E-state index contributed by atoms with van der Waals surface area (Å²) in [6, 6.07) is 0.514.